The molecule has 0 radical (unpaired) electrons. The Hall–Kier alpha value is -0.830. The van der Waals surface area contributed by atoms with Crippen molar-refractivity contribution in [2.24, 2.45) is 5.73 Å². The fraction of sp³-hybridized carbons (Fsp3) is 0.667. The molecule has 1 atom stereocenters. The predicted molar refractivity (Wildman–Crippen MR) is 50.7 cm³/mol. The van der Waals surface area contributed by atoms with Gasteiger partial charge in [0, 0.05) is 13.6 Å². The zero-order chi connectivity index (χ0) is 9.56. The Labute approximate surface area is 74.2 Å². The Morgan fingerprint density at radius 3 is 2.75 bits per heavy atom. The van der Waals surface area contributed by atoms with Gasteiger partial charge in [-0.15, -0.1) is 6.58 Å². The molecular weight excluding hydrogens is 152 g/mol. The van der Waals surface area contributed by atoms with Crippen molar-refractivity contribution in [3.8, 4) is 0 Å². The lowest BCUT2D eigenvalue weighted by Crippen LogP contribution is -2.41. The molecule has 3 heteroatoms. The summed E-state index contributed by atoms with van der Waals surface area (Å²) in [7, 11) is 1.74. The van der Waals surface area contributed by atoms with E-state index in [1.165, 1.54) is 0 Å². The number of rotatable bonds is 5. The average Bonchev–Trinajstić information content (AvgIpc) is 2.04. The molecule has 12 heavy (non-hydrogen) atoms. The molecule has 0 saturated heterocycles. The molecule has 0 aliphatic heterocycles. The van der Waals surface area contributed by atoms with E-state index < -0.39 is 0 Å². The smallest absolute Gasteiger partial charge is 0.239 e. The van der Waals surface area contributed by atoms with Gasteiger partial charge in [-0.3, -0.25) is 4.79 Å². The van der Waals surface area contributed by atoms with Crippen LogP contribution in [0.4, 0.5) is 0 Å². The van der Waals surface area contributed by atoms with Gasteiger partial charge < -0.3 is 10.6 Å². The molecule has 0 fully saturated rings. The number of carbonyl (C=O) groups is 1. The van der Waals surface area contributed by atoms with Gasteiger partial charge in [0.1, 0.15) is 0 Å². The number of nitrogens with zero attached hydrogens (tertiary/aromatic N) is 1. The van der Waals surface area contributed by atoms with E-state index in [0.29, 0.717) is 6.54 Å². The van der Waals surface area contributed by atoms with Gasteiger partial charge in [-0.1, -0.05) is 19.4 Å². The summed E-state index contributed by atoms with van der Waals surface area (Å²) in [6, 6.07) is -0.347. The third-order valence-electron chi connectivity index (χ3n) is 1.70. The number of hydrogen-bond donors (Lipinski definition) is 1. The summed E-state index contributed by atoms with van der Waals surface area (Å²) in [4.78, 5) is 13.0. The Morgan fingerprint density at radius 1 is 1.75 bits per heavy atom. The van der Waals surface area contributed by atoms with Gasteiger partial charge in [-0.05, 0) is 6.42 Å². The molecular formula is C9H18N2O. The summed E-state index contributed by atoms with van der Waals surface area (Å²) in [5.41, 5.74) is 5.63. The summed E-state index contributed by atoms with van der Waals surface area (Å²) >= 11 is 0. The van der Waals surface area contributed by atoms with Crippen LogP contribution in [-0.4, -0.2) is 30.4 Å². The lowest BCUT2D eigenvalue weighted by atomic mass is 10.1. The molecule has 1 amide bonds. The highest BCUT2D eigenvalue weighted by Gasteiger charge is 2.15. The average molecular weight is 170 g/mol. The molecule has 0 aromatic heterocycles. The normalized spacial score (nSPS) is 12.2. The summed E-state index contributed by atoms with van der Waals surface area (Å²) in [6.07, 6.45) is 3.38. The molecule has 70 valence electrons. The Balaban J connectivity index is 3.90. The van der Waals surface area contributed by atoms with Crippen LogP contribution < -0.4 is 5.73 Å². The zero-order valence-corrected chi connectivity index (χ0v) is 7.92. The zero-order valence-electron chi connectivity index (χ0n) is 7.92. The number of amides is 1. The fourth-order valence-corrected chi connectivity index (χ4v) is 1.00. The Bertz CT molecular complexity index is 157. The summed E-state index contributed by atoms with van der Waals surface area (Å²) in [6.45, 7) is 6.13. The molecule has 0 aliphatic carbocycles. The minimum absolute atomic E-state index is 0.00301. The van der Waals surface area contributed by atoms with Crippen LogP contribution in [0.15, 0.2) is 12.7 Å². The quantitative estimate of drug-likeness (QED) is 0.619. The first kappa shape index (κ1) is 11.2. The van der Waals surface area contributed by atoms with Crippen LogP contribution in [0.3, 0.4) is 0 Å². The van der Waals surface area contributed by atoms with Crippen molar-refractivity contribution >= 4 is 5.91 Å². The molecule has 0 unspecified atom stereocenters. The second kappa shape index (κ2) is 5.77. The SMILES string of the molecule is C=CCN(C)C(=O)[C@@H](N)CCC. The maximum Gasteiger partial charge on any atom is 0.239 e. The fourth-order valence-electron chi connectivity index (χ4n) is 1.00. The van der Waals surface area contributed by atoms with E-state index in [-0.39, 0.29) is 11.9 Å². The highest BCUT2D eigenvalue weighted by atomic mass is 16.2. The minimum atomic E-state index is -0.347. The van der Waals surface area contributed by atoms with E-state index in [9.17, 15) is 4.79 Å². The first-order chi connectivity index (χ1) is 5.63. The van der Waals surface area contributed by atoms with Gasteiger partial charge in [-0.2, -0.15) is 0 Å². The minimum Gasteiger partial charge on any atom is -0.341 e. The van der Waals surface area contributed by atoms with Crippen molar-refractivity contribution in [3.05, 3.63) is 12.7 Å². The van der Waals surface area contributed by atoms with Crippen LogP contribution in [0.25, 0.3) is 0 Å². The molecule has 0 aromatic carbocycles. The van der Waals surface area contributed by atoms with Crippen LogP contribution in [-0.2, 0) is 4.79 Å². The van der Waals surface area contributed by atoms with Crippen LogP contribution in [0, 0.1) is 0 Å². The standard InChI is InChI=1S/C9H18N2O/c1-4-6-8(10)9(12)11(3)7-5-2/h5,8H,2,4,6-7,10H2,1,3H3/t8-/m0/s1. The van der Waals surface area contributed by atoms with Crippen molar-refractivity contribution in [1.29, 1.82) is 0 Å². The van der Waals surface area contributed by atoms with E-state index in [1.807, 2.05) is 6.92 Å². The molecule has 0 heterocycles. The number of hydrogen-bond acceptors (Lipinski definition) is 2. The molecule has 0 aliphatic rings. The van der Waals surface area contributed by atoms with Crippen molar-refractivity contribution in [2.45, 2.75) is 25.8 Å². The number of carbonyl (C=O) groups excluding carboxylic acids is 1. The highest BCUT2D eigenvalue weighted by molar-refractivity contribution is 5.81. The highest BCUT2D eigenvalue weighted by Crippen LogP contribution is 1.97. The molecule has 0 saturated carbocycles. The molecule has 3 nitrogen and oxygen atoms in total. The van der Waals surface area contributed by atoms with Gasteiger partial charge >= 0.3 is 0 Å². The molecule has 0 spiro atoms. The van der Waals surface area contributed by atoms with Gasteiger partial charge in [0.05, 0.1) is 6.04 Å². The largest absolute Gasteiger partial charge is 0.341 e. The van der Waals surface area contributed by atoms with Crippen molar-refractivity contribution in [3.63, 3.8) is 0 Å². The lowest BCUT2D eigenvalue weighted by Gasteiger charge is -2.19. The van der Waals surface area contributed by atoms with E-state index in [1.54, 1.807) is 18.0 Å². The second-order valence-corrected chi connectivity index (χ2v) is 2.90. The van der Waals surface area contributed by atoms with Crippen molar-refractivity contribution < 1.29 is 4.79 Å². The molecule has 0 bridgehead atoms. The van der Waals surface area contributed by atoms with Gasteiger partial charge in [0.25, 0.3) is 0 Å². The summed E-state index contributed by atoms with van der Waals surface area (Å²) < 4.78 is 0. The summed E-state index contributed by atoms with van der Waals surface area (Å²) in [5, 5.41) is 0. The van der Waals surface area contributed by atoms with E-state index in [4.69, 9.17) is 5.73 Å². The second-order valence-electron chi connectivity index (χ2n) is 2.90. The lowest BCUT2D eigenvalue weighted by molar-refractivity contribution is -0.130. The molecule has 0 rings (SSSR count). The predicted octanol–water partition coefficient (Wildman–Crippen LogP) is 0.758. The first-order valence-electron chi connectivity index (χ1n) is 4.25. The van der Waals surface area contributed by atoms with Crippen LogP contribution in [0.5, 0.6) is 0 Å². The Morgan fingerprint density at radius 2 is 2.33 bits per heavy atom. The van der Waals surface area contributed by atoms with Crippen molar-refractivity contribution in [2.75, 3.05) is 13.6 Å². The molecule has 2 N–H and O–H groups in total. The Kier molecular flexibility index (Phi) is 5.37. The third kappa shape index (κ3) is 3.53. The van der Waals surface area contributed by atoms with Crippen LogP contribution in [0.1, 0.15) is 19.8 Å². The maximum absolute atomic E-state index is 11.4. The molecule has 0 aromatic rings. The number of nitrogens with two attached hydrogens (primary N) is 1. The third-order valence-corrected chi connectivity index (χ3v) is 1.70. The van der Waals surface area contributed by atoms with E-state index >= 15 is 0 Å². The summed E-state index contributed by atoms with van der Waals surface area (Å²) in [5.74, 6) is -0.00301. The number of likely N-dealkylation sites (N-methyl/N-ethyl adjacent to an activating group) is 1. The van der Waals surface area contributed by atoms with E-state index in [0.717, 1.165) is 12.8 Å². The maximum atomic E-state index is 11.4. The van der Waals surface area contributed by atoms with E-state index in [2.05, 4.69) is 6.58 Å². The van der Waals surface area contributed by atoms with Crippen molar-refractivity contribution in [1.82, 2.24) is 4.90 Å². The topological polar surface area (TPSA) is 46.3 Å². The van der Waals surface area contributed by atoms with Gasteiger partial charge in [0.2, 0.25) is 5.91 Å². The van der Waals surface area contributed by atoms with Gasteiger partial charge in [0.15, 0.2) is 0 Å². The van der Waals surface area contributed by atoms with Crippen LogP contribution in [0.2, 0.25) is 0 Å². The van der Waals surface area contributed by atoms with Crippen LogP contribution >= 0.6 is 0 Å². The first-order valence-corrected chi connectivity index (χ1v) is 4.25. The monoisotopic (exact) mass is 170 g/mol. The van der Waals surface area contributed by atoms with Gasteiger partial charge in [-0.25, -0.2) is 0 Å².